The fourth-order valence-electron chi connectivity index (χ4n) is 1.55. The number of alkyl halides is 3. The highest BCUT2D eigenvalue weighted by Gasteiger charge is 2.27. The number of hydrogen-bond acceptors (Lipinski definition) is 3. The van der Waals surface area contributed by atoms with Crippen LogP contribution in [0.2, 0.25) is 0 Å². The molecule has 0 aromatic rings. The molecule has 1 rings (SSSR count). The minimum absolute atomic E-state index is 0.115. The highest BCUT2D eigenvalue weighted by atomic mass is 19.4. The molecule has 6 heteroatoms. The van der Waals surface area contributed by atoms with Gasteiger partial charge in [-0.2, -0.15) is 13.2 Å². The van der Waals surface area contributed by atoms with E-state index in [-0.39, 0.29) is 6.61 Å². The third-order valence-electron chi connectivity index (χ3n) is 2.28. The predicted octanol–water partition coefficient (Wildman–Crippen LogP) is 0.907. The monoisotopic (exact) mass is 226 g/mol. The van der Waals surface area contributed by atoms with Crippen LogP contribution in [0.1, 0.15) is 12.8 Å². The highest BCUT2D eigenvalue weighted by molar-refractivity contribution is 4.73. The maximum absolute atomic E-state index is 11.7. The van der Waals surface area contributed by atoms with Gasteiger partial charge in [-0.1, -0.05) is 0 Å². The Morgan fingerprint density at radius 2 is 1.93 bits per heavy atom. The molecule has 1 saturated heterocycles. The molecule has 1 fully saturated rings. The van der Waals surface area contributed by atoms with E-state index in [1.807, 2.05) is 0 Å². The van der Waals surface area contributed by atoms with E-state index in [0.717, 1.165) is 25.9 Å². The summed E-state index contributed by atoms with van der Waals surface area (Å²) in [6.45, 7) is 1.40. The van der Waals surface area contributed by atoms with Crippen LogP contribution in [0, 0.1) is 0 Å². The molecule has 0 amide bonds. The number of piperidine rings is 1. The summed E-state index contributed by atoms with van der Waals surface area (Å²) >= 11 is 0. The van der Waals surface area contributed by atoms with Crippen LogP contribution in [0.25, 0.3) is 0 Å². The topological polar surface area (TPSA) is 33.3 Å². The van der Waals surface area contributed by atoms with Gasteiger partial charge in [0.05, 0.1) is 6.61 Å². The van der Waals surface area contributed by atoms with Crippen LogP contribution in [-0.2, 0) is 4.74 Å². The molecule has 0 unspecified atom stereocenters. The summed E-state index contributed by atoms with van der Waals surface area (Å²) in [7, 11) is 0. The van der Waals surface area contributed by atoms with Gasteiger partial charge in [0.15, 0.2) is 0 Å². The van der Waals surface area contributed by atoms with Crippen molar-refractivity contribution in [3.8, 4) is 0 Å². The van der Waals surface area contributed by atoms with E-state index >= 15 is 0 Å². The lowest BCUT2D eigenvalue weighted by Gasteiger charge is -2.23. The minimum atomic E-state index is -4.21. The molecule has 0 aromatic carbocycles. The highest BCUT2D eigenvalue weighted by Crippen LogP contribution is 2.14. The molecular weight excluding hydrogens is 209 g/mol. The van der Waals surface area contributed by atoms with Gasteiger partial charge >= 0.3 is 6.18 Å². The van der Waals surface area contributed by atoms with Crippen LogP contribution < -0.4 is 10.6 Å². The van der Waals surface area contributed by atoms with Crippen molar-refractivity contribution in [3.63, 3.8) is 0 Å². The molecule has 15 heavy (non-hydrogen) atoms. The Bertz CT molecular complexity index is 169. The minimum Gasteiger partial charge on any atom is -0.371 e. The zero-order chi connectivity index (χ0) is 11.1. The molecule has 3 nitrogen and oxygen atoms in total. The first-order valence-corrected chi connectivity index (χ1v) is 5.16. The lowest BCUT2D eigenvalue weighted by molar-refractivity contribution is -0.173. The molecule has 0 saturated carbocycles. The lowest BCUT2D eigenvalue weighted by atomic mass is 10.1. The summed E-state index contributed by atoms with van der Waals surface area (Å²) in [4.78, 5) is 0. The smallest absolute Gasteiger partial charge is 0.371 e. The summed E-state index contributed by atoms with van der Waals surface area (Å²) in [5.74, 6) is 0. The molecule has 0 bridgehead atoms. The SMILES string of the molecule is FC(F)(F)COCCNC1CCNCC1. The predicted molar refractivity (Wildman–Crippen MR) is 50.8 cm³/mol. The van der Waals surface area contributed by atoms with Crippen molar-refractivity contribution in [2.45, 2.75) is 25.1 Å². The maximum atomic E-state index is 11.7. The average molecular weight is 226 g/mol. The molecule has 90 valence electrons. The van der Waals surface area contributed by atoms with Crippen LogP contribution >= 0.6 is 0 Å². The Kier molecular flexibility index (Phi) is 5.35. The fourth-order valence-corrected chi connectivity index (χ4v) is 1.55. The first kappa shape index (κ1) is 12.7. The van der Waals surface area contributed by atoms with E-state index in [1.54, 1.807) is 0 Å². The summed E-state index contributed by atoms with van der Waals surface area (Å²) in [5, 5.41) is 6.39. The van der Waals surface area contributed by atoms with E-state index in [0.29, 0.717) is 12.6 Å². The lowest BCUT2D eigenvalue weighted by Crippen LogP contribution is -2.41. The number of halogens is 3. The fraction of sp³-hybridized carbons (Fsp3) is 1.00. The van der Waals surface area contributed by atoms with Crippen molar-refractivity contribution in [1.29, 1.82) is 0 Å². The van der Waals surface area contributed by atoms with Gasteiger partial charge in [0.25, 0.3) is 0 Å². The second-order valence-corrected chi connectivity index (χ2v) is 3.65. The molecule has 2 N–H and O–H groups in total. The molecule has 1 heterocycles. The number of ether oxygens (including phenoxy) is 1. The van der Waals surface area contributed by atoms with E-state index in [1.165, 1.54) is 0 Å². The van der Waals surface area contributed by atoms with Crippen LogP contribution in [0.3, 0.4) is 0 Å². The summed E-state index contributed by atoms with van der Waals surface area (Å²) in [6.07, 6.45) is -2.16. The Morgan fingerprint density at radius 1 is 1.27 bits per heavy atom. The van der Waals surface area contributed by atoms with Crippen molar-refractivity contribution >= 4 is 0 Å². The Hall–Kier alpha value is -0.330. The molecule has 0 aromatic heterocycles. The molecule has 1 aliphatic rings. The van der Waals surface area contributed by atoms with E-state index < -0.39 is 12.8 Å². The first-order valence-electron chi connectivity index (χ1n) is 5.16. The van der Waals surface area contributed by atoms with Crippen molar-refractivity contribution in [2.75, 3.05) is 32.8 Å². The number of hydrogen-bond donors (Lipinski definition) is 2. The van der Waals surface area contributed by atoms with Crippen LogP contribution in [-0.4, -0.2) is 45.1 Å². The second-order valence-electron chi connectivity index (χ2n) is 3.65. The van der Waals surface area contributed by atoms with Crippen molar-refractivity contribution in [1.82, 2.24) is 10.6 Å². The van der Waals surface area contributed by atoms with Gasteiger partial charge in [-0.15, -0.1) is 0 Å². The molecule has 0 aliphatic carbocycles. The van der Waals surface area contributed by atoms with Gasteiger partial charge in [0.1, 0.15) is 6.61 Å². The third-order valence-corrected chi connectivity index (χ3v) is 2.28. The van der Waals surface area contributed by atoms with E-state index in [2.05, 4.69) is 15.4 Å². The molecule has 0 radical (unpaired) electrons. The van der Waals surface area contributed by atoms with Gasteiger partial charge in [0, 0.05) is 12.6 Å². The second kappa shape index (κ2) is 6.30. The molecule has 0 spiro atoms. The number of rotatable bonds is 5. The van der Waals surface area contributed by atoms with Crippen LogP contribution in [0.4, 0.5) is 13.2 Å². The van der Waals surface area contributed by atoms with E-state index in [4.69, 9.17) is 0 Å². The van der Waals surface area contributed by atoms with Crippen LogP contribution in [0.15, 0.2) is 0 Å². The number of nitrogens with one attached hydrogen (secondary N) is 2. The zero-order valence-corrected chi connectivity index (χ0v) is 8.57. The van der Waals surface area contributed by atoms with E-state index in [9.17, 15) is 13.2 Å². The Morgan fingerprint density at radius 3 is 2.53 bits per heavy atom. The maximum Gasteiger partial charge on any atom is 0.411 e. The molecule has 0 atom stereocenters. The zero-order valence-electron chi connectivity index (χ0n) is 8.57. The first-order chi connectivity index (χ1) is 7.08. The average Bonchev–Trinajstić information content (AvgIpc) is 2.17. The Labute approximate surface area is 87.4 Å². The van der Waals surface area contributed by atoms with Gasteiger partial charge in [-0.3, -0.25) is 0 Å². The van der Waals surface area contributed by atoms with Gasteiger partial charge < -0.3 is 15.4 Å². The quantitative estimate of drug-likeness (QED) is 0.683. The largest absolute Gasteiger partial charge is 0.411 e. The summed E-state index contributed by atoms with van der Waals surface area (Å²) < 4.78 is 39.5. The van der Waals surface area contributed by atoms with Gasteiger partial charge in [-0.05, 0) is 25.9 Å². The Balaban J connectivity index is 1.92. The third kappa shape index (κ3) is 6.70. The van der Waals surface area contributed by atoms with Crippen molar-refractivity contribution < 1.29 is 17.9 Å². The van der Waals surface area contributed by atoms with Gasteiger partial charge in [-0.25, -0.2) is 0 Å². The van der Waals surface area contributed by atoms with Crippen LogP contribution in [0.5, 0.6) is 0 Å². The molecular formula is C9H17F3N2O. The summed E-state index contributed by atoms with van der Waals surface area (Å²) in [5.41, 5.74) is 0. The summed E-state index contributed by atoms with van der Waals surface area (Å²) in [6, 6.07) is 0.417. The standard InChI is InChI=1S/C9H17F3N2O/c10-9(11,12)7-15-6-5-14-8-1-3-13-4-2-8/h8,13-14H,1-7H2. The van der Waals surface area contributed by atoms with Crippen molar-refractivity contribution in [3.05, 3.63) is 0 Å². The van der Waals surface area contributed by atoms with Gasteiger partial charge in [0.2, 0.25) is 0 Å². The normalized spacial score (nSPS) is 19.4. The molecule has 1 aliphatic heterocycles. The van der Waals surface area contributed by atoms with Crippen molar-refractivity contribution in [2.24, 2.45) is 0 Å².